The van der Waals surface area contributed by atoms with E-state index >= 15 is 0 Å². The van der Waals surface area contributed by atoms with Crippen molar-refractivity contribution in [3.05, 3.63) is 42.0 Å². The van der Waals surface area contributed by atoms with Gasteiger partial charge in [0.1, 0.15) is 5.75 Å². The summed E-state index contributed by atoms with van der Waals surface area (Å²) in [6.07, 6.45) is 2.04. The summed E-state index contributed by atoms with van der Waals surface area (Å²) in [6, 6.07) is 8.69. The predicted octanol–water partition coefficient (Wildman–Crippen LogP) is 2.79. The molecule has 0 aromatic heterocycles. The largest absolute Gasteiger partial charge is 0.497 e. The summed E-state index contributed by atoms with van der Waals surface area (Å²) in [5.41, 5.74) is 2.54. The second-order valence-corrected chi connectivity index (χ2v) is 4.20. The Kier molecular flexibility index (Phi) is 5.06. The SMILES string of the molecule is C=C(C)CC(Cc1ccc(OC)cc1)NC. The molecule has 2 heteroatoms. The second-order valence-electron chi connectivity index (χ2n) is 4.20. The molecule has 0 fully saturated rings. The molecule has 1 atom stereocenters. The van der Waals surface area contributed by atoms with Gasteiger partial charge in [-0.1, -0.05) is 17.7 Å². The van der Waals surface area contributed by atoms with Crippen LogP contribution in [0, 0.1) is 0 Å². The summed E-state index contributed by atoms with van der Waals surface area (Å²) in [7, 11) is 3.68. The molecular formula is C14H21NO. The van der Waals surface area contributed by atoms with Gasteiger partial charge in [0.25, 0.3) is 0 Å². The summed E-state index contributed by atoms with van der Waals surface area (Å²) < 4.78 is 5.14. The molecule has 1 N–H and O–H groups in total. The van der Waals surface area contributed by atoms with Crippen molar-refractivity contribution in [2.45, 2.75) is 25.8 Å². The molecular weight excluding hydrogens is 198 g/mol. The van der Waals surface area contributed by atoms with Crippen LogP contribution in [0.4, 0.5) is 0 Å². The average Bonchev–Trinajstić information content (AvgIpc) is 2.28. The predicted molar refractivity (Wildman–Crippen MR) is 69.0 cm³/mol. The van der Waals surface area contributed by atoms with Crippen LogP contribution in [-0.4, -0.2) is 20.2 Å². The maximum absolute atomic E-state index is 5.14. The number of hydrogen-bond donors (Lipinski definition) is 1. The molecule has 0 saturated heterocycles. The molecule has 0 aliphatic heterocycles. The van der Waals surface area contributed by atoms with Crippen molar-refractivity contribution >= 4 is 0 Å². The minimum Gasteiger partial charge on any atom is -0.497 e. The highest BCUT2D eigenvalue weighted by Gasteiger charge is 2.07. The molecule has 0 saturated carbocycles. The first-order chi connectivity index (χ1) is 7.65. The van der Waals surface area contributed by atoms with E-state index < -0.39 is 0 Å². The van der Waals surface area contributed by atoms with Gasteiger partial charge in [-0.3, -0.25) is 0 Å². The number of ether oxygens (including phenoxy) is 1. The number of nitrogens with one attached hydrogen (secondary N) is 1. The van der Waals surface area contributed by atoms with Crippen molar-refractivity contribution < 1.29 is 4.74 Å². The molecule has 1 aromatic rings. The molecule has 1 unspecified atom stereocenters. The zero-order valence-corrected chi connectivity index (χ0v) is 10.4. The fourth-order valence-electron chi connectivity index (χ4n) is 1.74. The number of methoxy groups -OCH3 is 1. The van der Waals surface area contributed by atoms with Crippen molar-refractivity contribution in [3.8, 4) is 5.75 Å². The highest BCUT2D eigenvalue weighted by atomic mass is 16.5. The van der Waals surface area contributed by atoms with Gasteiger partial charge in [-0.05, 0) is 44.5 Å². The van der Waals surface area contributed by atoms with E-state index in [1.165, 1.54) is 11.1 Å². The van der Waals surface area contributed by atoms with Crippen molar-refractivity contribution in [2.75, 3.05) is 14.2 Å². The molecule has 1 rings (SSSR count). The summed E-state index contributed by atoms with van der Waals surface area (Å²) in [4.78, 5) is 0. The fraction of sp³-hybridized carbons (Fsp3) is 0.429. The Labute approximate surface area is 98.3 Å². The average molecular weight is 219 g/mol. The number of likely N-dealkylation sites (N-methyl/N-ethyl adjacent to an activating group) is 1. The summed E-state index contributed by atoms with van der Waals surface area (Å²) in [5, 5.41) is 3.32. The molecule has 16 heavy (non-hydrogen) atoms. The minimum atomic E-state index is 0.464. The van der Waals surface area contributed by atoms with Crippen molar-refractivity contribution in [3.63, 3.8) is 0 Å². The summed E-state index contributed by atoms with van der Waals surface area (Å²) in [5.74, 6) is 0.907. The highest BCUT2D eigenvalue weighted by Crippen LogP contribution is 2.14. The Morgan fingerprint density at radius 2 is 2.00 bits per heavy atom. The Bertz CT molecular complexity index is 329. The summed E-state index contributed by atoms with van der Waals surface area (Å²) >= 11 is 0. The minimum absolute atomic E-state index is 0.464. The van der Waals surface area contributed by atoms with Gasteiger partial charge >= 0.3 is 0 Å². The van der Waals surface area contributed by atoms with E-state index in [2.05, 4.69) is 31.0 Å². The molecule has 0 amide bonds. The molecule has 0 aliphatic rings. The van der Waals surface area contributed by atoms with Crippen molar-refractivity contribution in [1.29, 1.82) is 0 Å². The van der Waals surface area contributed by atoms with E-state index in [4.69, 9.17) is 4.74 Å². The van der Waals surface area contributed by atoms with Crippen LogP contribution in [0.25, 0.3) is 0 Å². The number of rotatable bonds is 6. The Balaban J connectivity index is 2.59. The Morgan fingerprint density at radius 1 is 1.38 bits per heavy atom. The topological polar surface area (TPSA) is 21.3 Å². The zero-order valence-electron chi connectivity index (χ0n) is 10.4. The van der Waals surface area contributed by atoms with Crippen LogP contribution in [0.1, 0.15) is 18.9 Å². The normalized spacial score (nSPS) is 12.2. The van der Waals surface area contributed by atoms with Gasteiger partial charge in [0.2, 0.25) is 0 Å². The highest BCUT2D eigenvalue weighted by molar-refractivity contribution is 5.27. The molecule has 0 bridgehead atoms. The molecule has 2 nitrogen and oxygen atoms in total. The lowest BCUT2D eigenvalue weighted by molar-refractivity contribution is 0.414. The van der Waals surface area contributed by atoms with Crippen LogP contribution in [0.15, 0.2) is 36.4 Å². The third kappa shape index (κ3) is 4.07. The van der Waals surface area contributed by atoms with Gasteiger partial charge in [0, 0.05) is 6.04 Å². The second kappa shape index (κ2) is 6.33. The molecule has 1 aromatic carbocycles. The van der Waals surface area contributed by atoms with Crippen LogP contribution in [0.5, 0.6) is 5.75 Å². The van der Waals surface area contributed by atoms with Crippen molar-refractivity contribution in [1.82, 2.24) is 5.32 Å². The lowest BCUT2D eigenvalue weighted by Crippen LogP contribution is -2.27. The first-order valence-corrected chi connectivity index (χ1v) is 5.60. The quantitative estimate of drug-likeness (QED) is 0.743. The van der Waals surface area contributed by atoms with Crippen molar-refractivity contribution in [2.24, 2.45) is 0 Å². The third-order valence-corrected chi connectivity index (χ3v) is 2.64. The maximum Gasteiger partial charge on any atom is 0.118 e. The van der Waals surface area contributed by atoms with E-state index in [0.29, 0.717) is 6.04 Å². The van der Waals surface area contributed by atoms with Gasteiger partial charge in [0.15, 0.2) is 0 Å². The molecule has 0 heterocycles. The fourth-order valence-corrected chi connectivity index (χ4v) is 1.74. The third-order valence-electron chi connectivity index (χ3n) is 2.64. The van der Waals surface area contributed by atoms with Gasteiger partial charge in [-0.15, -0.1) is 6.58 Å². The molecule has 0 spiro atoms. The maximum atomic E-state index is 5.14. The monoisotopic (exact) mass is 219 g/mol. The molecule has 88 valence electrons. The van der Waals surface area contributed by atoms with E-state index in [0.717, 1.165) is 18.6 Å². The van der Waals surface area contributed by atoms with E-state index in [9.17, 15) is 0 Å². The standard InChI is InChI=1S/C14H21NO/c1-11(2)9-13(15-3)10-12-5-7-14(16-4)8-6-12/h5-8,13,15H,1,9-10H2,2-4H3. The first kappa shape index (κ1) is 12.8. The van der Waals surface area contributed by atoms with Gasteiger partial charge in [-0.25, -0.2) is 0 Å². The Hall–Kier alpha value is -1.28. The molecule has 0 aliphatic carbocycles. The smallest absolute Gasteiger partial charge is 0.118 e. The first-order valence-electron chi connectivity index (χ1n) is 5.60. The zero-order chi connectivity index (χ0) is 12.0. The molecule has 0 radical (unpaired) electrons. The lowest BCUT2D eigenvalue weighted by atomic mass is 10.0. The number of benzene rings is 1. The Morgan fingerprint density at radius 3 is 2.44 bits per heavy atom. The van der Waals surface area contributed by atoms with E-state index in [1.54, 1.807) is 7.11 Å². The summed E-state index contributed by atoms with van der Waals surface area (Å²) in [6.45, 7) is 6.02. The van der Waals surface area contributed by atoms with E-state index in [1.807, 2.05) is 19.2 Å². The van der Waals surface area contributed by atoms with E-state index in [-0.39, 0.29) is 0 Å². The van der Waals surface area contributed by atoms with Gasteiger partial charge in [0.05, 0.1) is 7.11 Å². The van der Waals surface area contributed by atoms with Crippen LogP contribution < -0.4 is 10.1 Å². The van der Waals surface area contributed by atoms with Crippen LogP contribution in [-0.2, 0) is 6.42 Å². The van der Waals surface area contributed by atoms with Crippen LogP contribution in [0.3, 0.4) is 0 Å². The van der Waals surface area contributed by atoms with Gasteiger partial charge in [-0.2, -0.15) is 0 Å². The van der Waals surface area contributed by atoms with Crippen LogP contribution in [0.2, 0.25) is 0 Å². The van der Waals surface area contributed by atoms with Crippen LogP contribution >= 0.6 is 0 Å². The van der Waals surface area contributed by atoms with Gasteiger partial charge < -0.3 is 10.1 Å². The lowest BCUT2D eigenvalue weighted by Gasteiger charge is -2.16. The number of hydrogen-bond acceptors (Lipinski definition) is 2.